The van der Waals surface area contributed by atoms with Crippen LogP contribution in [0.25, 0.3) is 22.0 Å². The lowest BCUT2D eigenvalue weighted by molar-refractivity contribution is 0.481. The van der Waals surface area contributed by atoms with Crippen molar-refractivity contribution in [1.29, 1.82) is 0 Å². The second-order valence-electron chi connectivity index (χ2n) is 4.50. The number of hydrogen-bond acceptors (Lipinski definition) is 2. The number of H-pyrrole nitrogens is 1. The van der Waals surface area contributed by atoms with Crippen LogP contribution in [0.15, 0.2) is 41.2 Å². The quantitative estimate of drug-likeness (QED) is 0.699. The molecule has 0 fully saturated rings. The highest BCUT2D eigenvalue weighted by Gasteiger charge is 2.13. The molecule has 0 bridgehead atoms. The summed E-state index contributed by atoms with van der Waals surface area (Å²) in [5.74, 6) is -0.697. The molecule has 0 radical (unpaired) electrons. The largest absolute Gasteiger partial charge is 0.505 e. The van der Waals surface area contributed by atoms with Gasteiger partial charge in [-0.05, 0) is 30.3 Å². The molecule has 0 aliphatic carbocycles. The number of nitrogens with one attached hydrogen (secondary N) is 1. The smallest absolute Gasteiger partial charge is 0.256 e. The molecule has 21 heavy (non-hydrogen) atoms. The Kier molecular flexibility index (Phi) is 3.35. The van der Waals surface area contributed by atoms with Crippen molar-refractivity contribution in [3.8, 4) is 17.0 Å². The Morgan fingerprint density at radius 3 is 2.48 bits per heavy atom. The van der Waals surface area contributed by atoms with Crippen LogP contribution in [0.3, 0.4) is 0 Å². The van der Waals surface area contributed by atoms with Crippen LogP contribution in [0.5, 0.6) is 5.75 Å². The standard InChI is InChI=1S/C15H8Cl2FNO2/c16-11-4-1-7(5-12(11)17)13-14(20)9-3-2-8(18)6-10(9)15(21)19-13/h1-6,20H,(H,19,21). The van der Waals surface area contributed by atoms with Crippen LogP contribution < -0.4 is 5.56 Å². The minimum atomic E-state index is -0.547. The number of aromatic hydroxyl groups is 1. The van der Waals surface area contributed by atoms with Gasteiger partial charge in [-0.3, -0.25) is 4.79 Å². The molecule has 3 aromatic rings. The molecule has 3 nitrogen and oxygen atoms in total. The number of aromatic nitrogens is 1. The maximum Gasteiger partial charge on any atom is 0.256 e. The van der Waals surface area contributed by atoms with Gasteiger partial charge >= 0.3 is 0 Å². The molecular formula is C15H8Cl2FNO2. The van der Waals surface area contributed by atoms with Gasteiger partial charge in [-0.1, -0.05) is 29.3 Å². The number of pyridine rings is 1. The van der Waals surface area contributed by atoms with Gasteiger partial charge in [-0.25, -0.2) is 4.39 Å². The van der Waals surface area contributed by atoms with E-state index in [0.29, 0.717) is 15.6 Å². The van der Waals surface area contributed by atoms with E-state index in [9.17, 15) is 14.3 Å². The van der Waals surface area contributed by atoms with E-state index in [1.54, 1.807) is 12.1 Å². The fourth-order valence-corrected chi connectivity index (χ4v) is 2.44. The number of aromatic amines is 1. The van der Waals surface area contributed by atoms with Crippen molar-refractivity contribution in [2.75, 3.05) is 0 Å². The highest BCUT2D eigenvalue weighted by atomic mass is 35.5. The Bertz CT molecular complexity index is 921. The Morgan fingerprint density at radius 1 is 1.00 bits per heavy atom. The Morgan fingerprint density at radius 2 is 1.76 bits per heavy atom. The highest BCUT2D eigenvalue weighted by molar-refractivity contribution is 6.42. The van der Waals surface area contributed by atoms with Crippen LogP contribution >= 0.6 is 23.2 Å². The summed E-state index contributed by atoms with van der Waals surface area (Å²) >= 11 is 11.8. The highest BCUT2D eigenvalue weighted by Crippen LogP contribution is 2.35. The van der Waals surface area contributed by atoms with E-state index in [-0.39, 0.29) is 22.2 Å². The van der Waals surface area contributed by atoms with Crippen LogP contribution in [0.1, 0.15) is 0 Å². The molecule has 0 amide bonds. The van der Waals surface area contributed by atoms with Crippen LogP contribution in [0.4, 0.5) is 4.39 Å². The molecule has 2 aromatic carbocycles. The molecule has 3 rings (SSSR count). The summed E-state index contributed by atoms with van der Waals surface area (Å²) in [6.45, 7) is 0. The molecule has 0 saturated carbocycles. The second-order valence-corrected chi connectivity index (χ2v) is 5.31. The number of fused-ring (bicyclic) bond motifs is 1. The number of benzene rings is 2. The summed E-state index contributed by atoms with van der Waals surface area (Å²) < 4.78 is 13.2. The SMILES string of the molecule is O=c1[nH]c(-c2ccc(Cl)c(Cl)c2)c(O)c2ccc(F)cc12. The summed E-state index contributed by atoms with van der Waals surface area (Å²) in [5.41, 5.74) is 0.214. The predicted molar refractivity (Wildman–Crippen MR) is 81.6 cm³/mol. The number of hydrogen-bond donors (Lipinski definition) is 2. The van der Waals surface area contributed by atoms with Crippen molar-refractivity contribution in [2.24, 2.45) is 0 Å². The summed E-state index contributed by atoms with van der Waals surface area (Å²) in [4.78, 5) is 14.6. The maximum atomic E-state index is 13.2. The van der Waals surface area contributed by atoms with E-state index in [0.717, 1.165) is 6.07 Å². The first kappa shape index (κ1) is 13.9. The normalized spacial score (nSPS) is 11.0. The zero-order valence-corrected chi connectivity index (χ0v) is 12.0. The maximum absolute atomic E-state index is 13.2. The minimum absolute atomic E-state index is 0.0799. The molecule has 0 unspecified atom stereocenters. The molecular weight excluding hydrogens is 316 g/mol. The molecule has 2 N–H and O–H groups in total. The van der Waals surface area contributed by atoms with Crippen LogP contribution in [0.2, 0.25) is 10.0 Å². The van der Waals surface area contributed by atoms with E-state index in [2.05, 4.69) is 4.98 Å². The van der Waals surface area contributed by atoms with Gasteiger partial charge < -0.3 is 10.1 Å². The third-order valence-corrected chi connectivity index (χ3v) is 3.90. The molecule has 0 saturated heterocycles. The average molecular weight is 324 g/mol. The third-order valence-electron chi connectivity index (χ3n) is 3.16. The zero-order valence-electron chi connectivity index (χ0n) is 10.5. The lowest BCUT2D eigenvalue weighted by Crippen LogP contribution is -2.08. The molecule has 0 spiro atoms. The van der Waals surface area contributed by atoms with Gasteiger partial charge in [0, 0.05) is 10.9 Å². The van der Waals surface area contributed by atoms with Crippen LogP contribution in [-0.4, -0.2) is 10.1 Å². The van der Waals surface area contributed by atoms with Gasteiger partial charge in [0.15, 0.2) is 0 Å². The van der Waals surface area contributed by atoms with Crippen LogP contribution in [0, 0.1) is 5.82 Å². The second kappa shape index (κ2) is 5.06. The van der Waals surface area contributed by atoms with E-state index < -0.39 is 11.4 Å². The summed E-state index contributed by atoms with van der Waals surface area (Å²) in [7, 11) is 0. The predicted octanol–water partition coefficient (Wildman–Crippen LogP) is 4.35. The topological polar surface area (TPSA) is 53.1 Å². The summed E-state index contributed by atoms with van der Waals surface area (Å²) in [6.07, 6.45) is 0. The van der Waals surface area contributed by atoms with Crippen molar-refractivity contribution < 1.29 is 9.50 Å². The van der Waals surface area contributed by atoms with Crippen molar-refractivity contribution in [3.63, 3.8) is 0 Å². The molecule has 0 atom stereocenters. The third kappa shape index (κ3) is 2.37. The molecule has 1 aromatic heterocycles. The molecule has 106 valence electrons. The Balaban J connectivity index is 2.33. The van der Waals surface area contributed by atoms with Gasteiger partial charge in [0.1, 0.15) is 11.6 Å². The summed E-state index contributed by atoms with van der Waals surface area (Å²) in [6, 6.07) is 8.33. The van der Waals surface area contributed by atoms with Crippen molar-refractivity contribution in [1.82, 2.24) is 4.98 Å². The van der Waals surface area contributed by atoms with Crippen molar-refractivity contribution in [2.45, 2.75) is 0 Å². The monoisotopic (exact) mass is 323 g/mol. The molecule has 6 heteroatoms. The first-order valence-corrected chi connectivity index (χ1v) is 6.73. The van der Waals surface area contributed by atoms with Gasteiger partial charge in [0.05, 0.1) is 21.1 Å². The molecule has 1 heterocycles. The summed E-state index contributed by atoms with van der Waals surface area (Å²) in [5, 5.41) is 11.3. The fraction of sp³-hybridized carbons (Fsp3) is 0. The lowest BCUT2D eigenvalue weighted by Gasteiger charge is -2.09. The minimum Gasteiger partial charge on any atom is -0.505 e. The van der Waals surface area contributed by atoms with E-state index in [1.165, 1.54) is 18.2 Å². The van der Waals surface area contributed by atoms with E-state index >= 15 is 0 Å². The number of halogens is 3. The zero-order chi connectivity index (χ0) is 15.1. The van der Waals surface area contributed by atoms with E-state index in [1.807, 2.05) is 0 Å². The lowest BCUT2D eigenvalue weighted by atomic mass is 10.1. The fourth-order valence-electron chi connectivity index (χ4n) is 2.15. The van der Waals surface area contributed by atoms with Gasteiger partial charge in [-0.2, -0.15) is 0 Å². The molecule has 0 aliphatic rings. The molecule has 0 aliphatic heterocycles. The van der Waals surface area contributed by atoms with Crippen LogP contribution in [-0.2, 0) is 0 Å². The van der Waals surface area contributed by atoms with E-state index in [4.69, 9.17) is 23.2 Å². The van der Waals surface area contributed by atoms with Gasteiger partial charge in [-0.15, -0.1) is 0 Å². The van der Waals surface area contributed by atoms with Crippen molar-refractivity contribution >= 4 is 34.0 Å². The first-order valence-electron chi connectivity index (χ1n) is 5.97. The van der Waals surface area contributed by atoms with Gasteiger partial charge in [0.25, 0.3) is 5.56 Å². The first-order chi connectivity index (χ1) is 9.97. The Hall–Kier alpha value is -2.04. The Labute approximate surface area is 128 Å². The van der Waals surface area contributed by atoms with Gasteiger partial charge in [0.2, 0.25) is 0 Å². The van der Waals surface area contributed by atoms with Crippen molar-refractivity contribution in [3.05, 3.63) is 62.6 Å². The average Bonchev–Trinajstić information content (AvgIpc) is 2.46. The number of rotatable bonds is 1.